The molecule has 1 aliphatic rings. The Bertz CT molecular complexity index is 1140. The lowest BCUT2D eigenvalue weighted by Gasteiger charge is -2.24. The van der Waals surface area contributed by atoms with Crippen molar-refractivity contribution in [3.05, 3.63) is 94.1 Å². The molecule has 150 valence electrons. The SMILES string of the molecule is COc1ccc(C(O)=C2C(=O)C(=O)N(c3ccccn3)[C@@H]2c2cccc(Br)c2)cc1. The maximum Gasteiger partial charge on any atom is 0.301 e. The van der Waals surface area contributed by atoms with Crippen molar-refractivity contribution in [2.24, 2.45) is 0 Å². The number of aliphatic hydroxyl groups is 1. The van der Waals surface area contributed by atoms with Crippen molar-refractivity contribution in [2.75, 3.05) is 12.0 Å². The summed E-state index contributed by atoms with van der Waals surface area (Å²) >= 11 is 3.44. The molecule has 1 N–H and O–H groups in total. The number of aromatic nitrogens is 1. The van der Waals surface area contributed by atoms with Gasteiger partial charge in [0.05, 0.1) is 18.7 Å². The first kappa shape index (κ1) is 19.8. The van der Waals surface area contributed by atoms with Crippen molar-refractivity contribution in [3.8, 4) is 5.75 Å². The lowest BCUT2D eigenvalue weighted by Crippen LogP contribution is -2.30. The molecule has 7 heteroatoms. The van der Waals surface area contributed by atoms with E-state index in [9.17, 15) is 14.7 Å². The van der Waals surface area contributed by atoms with Crippen LogP contribution in [0.15, 0.2) is 83.0 Å². The zero-order valence-electron chi connectivity index (χ0n) is 15.9. The molecule has 0 spiro atoms. The van der Waals surface area contributed by atoms with E-state index >= 15 is 0 Å². The highest BCUT2D eigenvalue weighted by Crippen LogP contribution is 2.42. The van der Waals surface area contributed by atoms with E-state index in [1.54, 1.807) is 61.8 Å². The van der Waals surface area contributed by atoms with Gasteiger partial charge in [0.15, 0.2) is 0 Å². The Labute approximate surface area is 181 Å². The lowest BCUT2D eigenvalue weighted by atomic mass is 9.95. The first-order valence-electron chi connectivity index (χ1n) is 9.13. The number of aliphatic hydroxyl groups excluding tert-OH is 1. The van der Waals surface area contributed by atoms with Crippen LogP contribution >= 0.6 is 15.9 Å². The molecule has 1 saturated heterocycles. The van der Waals surface area contributed by atoms with Crippen molar-refractivity contribution >= 4 is 39.2 Å². The molecular formula is C23H17BrN2O4. The minimum absolute atomic E-state index is 0.00826. The van der Waals surface area contributed by atoms with Crippen molar-refractivity contribution in [3.63, 3.8) is 0 Å². The number of pyridine rings is 1. The molecule has 1 aliphatic heterocycles. The standard InChI is InChI=1S/C23H17BrN2O4/c1-30-17-10-8-14(9-11-17)21(27)19-20(15-5-4-6-16(24)13-15)26(23(29)22(19)28)18-7-2-3-12-25-18/h2-13,20,27H,1H3/t20-/m1/s1. The van der Waals surface area contributed by atoms with Crippen molar-refractivity contribution in [1.29, 1.82) is 0 Å². The third-order valence-corrected chi connectivity index (χ3v) is 5.36. The summed E-state index contributed by atoms with van der Waals surface area (Å²) in [4.78, 5) is 31.6. The van der Waals surface area contributed by atoms with Gasteiger partial charge in [-0.1, -0.05) is 34.1 Å². The van der Waals surface area contributed by atoms with E-state index in [1.165, 1.54) is 4.90 Å². The Hall–Kier alpha value is -3.45. The predicted molar refractivity (Wildman–Crippen MR) is 116 cm³/mol. The van der Waals surface area contributed by atoms with Gasteiger partial charge < -0.3 is 9.84 Å². The average Bonchev–Trinajstić information content (AvgIpc) is 3.04. The Kier molecular flexibility index (Phi) is 5.37. The molecular weight excluding hydrogens is 448 g/mol. The van der Waals surface area contributed by atoms with Crippen LogP contribution in [0.2, 0.25) is 0 Å². The first-order valence-corrected chi connectivity index (χ1v) is 9.92. The molecule has 3 aromatic rings. The van der Waals surface area contributed by atoms with E-state index < -0.39 is 17.7 Å². The van der Waals surface area contributed by atoms with E-state index in [2.05, 4.69) is 20.9 Å². The number of ketones is 1. The first-order chi connectivity index (χ1) is 14.5. The molecule has 2 aromatic carbocycles. The number of hydrogen-bond donors (Lipinski definition) is 1. The van der Waals surface area contributed by atoms with Crippen LogP contribution in [0.1, 0.15) is 17.2 Å². The van der Waals surface area contributed by atoms with Gasteiger partial charge in [-0.3, -0.25) is 14.5 Å². The van der Waals surface area contributed by atoms with Crippen molar-refractivity contribution in [2.45, 2.75) is 6.04 Å². The van der Waals surface area contributed by atoms with Gasteiger partial charge in [0, 0.05) is 16.2 Å². The Morgan fingerprint density at radius 3 is 2.47 bits per heavy atom. The molecule has 2 heterocycles. The van der Waals surface area contributed by atoms with Gasteiger partial charge in [0.25, 0.3) is 5.78 Å². The van der Waals surface area contributed by atoms with E-state index in [0.29, 0.717) is 22.7 Å². The van der Waals surface area contributed by atoms with Gasteiger partial charge in [-0.15, -0.1) is 0 Å². The van der Waals surface area contributed by atoms with E-state index in [-0.39, 0.29) is 11.3 Å². The highest BCUT2D eigenvalue weighted by Gasteiger charge is 2.47. The Morgan fingerprint density at radius 1 is 1.07 bits per heavy atom. The summed E-state index contributed by atoms with van der Waals surface area (Å²) in [6.07, 6.45) is 1.55. The summed E-state index contributed by atoms with van der Waals surface area (Å²) in [5, 5.41) is 11.0. The third kappa shape index (κ3) is 3.48. The molecule has 0 bridgehead atoms. The molecule has 1 amide bonds. The second-order valence-corrected chi connectivity index (χ2v) is 7.56. The number of benzene rings is 2. The van der Waals surface area contributed by atoms with Crippen molar-refractivity contribution in [1.82, 2.24) is 4.98 Å². The molecule has 30 heavy (non-hydrogen) atoms. The molecule has 1 atom stereocenters. The summed E-state index contributed by atoms with van der Waals surface area (Å²) in [5.74, 6) is -0.811. The van der Waals surface area contributed by atoms with Crippen LogP contribution in [0.5, 0.6) is 5.75 Å². The molecule has 4 rings (SSSR count). The van der Waals surface area contributed by atoms with E-state index in [1.807, 2.05) is 18.2 Å². The summed E-state index contributed by atoms with van der Waals surface area (Å²) < 4.78 is 5.94. The number of anilines is 1. The van der Waals surface area contributed by atoms with Gasteiger partial charge >= 0.3 is 5.91 Å². The number of methoxy groups -OCH3 is 1. The number of carbonyl (C=O) groups is 2. The molecule has 6 nitrogen and oxygen atoms in total. The number of amides is 1. The number of carbonyl (C=O) groups excluding carboxylic acids is 2. The zero-order chi connectivity index (χ0) is 21.3. The van der Waals surface area contributed by atoms with Crippen LogP contribution in [0, 0.1) is 0 Å². The van der Waals surface area contributed by atoms with E-state index in [4.69, 9.17) is 4.74 Å². The highest BCUT2D eigenvalue weighted by atomic mass is 79.9. The smallest absolute Gasteiger partial charge is 0.301 e. The number of nitrogens with zero attached hydrogens (tertiary/aromatic N) is 2. The third-order valence-electron chi connectivity index (χ3n) is 4.87. The fourth-order valence-corrected chi connectivity index (χ4v) is 3.88. The number of rotatable bonds is 4. The molecule has 0 aliphatic carbocycles. The number of halogens is 1. The number of Topliss-reactive ketones (excluding diaryl/α,β-unsaturated/α-hetero) is 1. The largest absolute Gasteiger partial charge is 0.507 e. The Balaban J connectivity index is 1.93. The maximum atomic E-state index is 13.0. The van der Waals surface area contributed by atoms with Crippen LogP contribution in [0.25, 0.3) is 5.76 Å². The fourth-order valence-electron chi connectivity index (χ4n) is 3.46. The monoisotopic (exact) mass is 464 g/mol. The van der Waals surface area contributed by atoms with Crippen molar-refractivity contribution < 1.29 is 19.4 Å². The topological polar surface area (TPSA) is 79.7 Å². The zero-order valence-corrected chi connectivity index (χ0v) is 17.5. The van der Waals surface area contributed by atoms with Crippen LogP contribution in [-0.2, 0) is 9.59 Å². The molecule has 1 aromatic heterocycles. The van der Waals surface area contributed by atoms with Crippen LogP contribution in [-0.4, -0.2) is 28.9 Å². The van der Waals surface area contributed by atoms with Gasteiger partial charge in [-0.25, -0.2) is 4.98 Å². The maximum absolute atomic E-state index is 13.0. The van der Waals surface area contributed by atoms with Crippen LogP contribution < -0.4 is 9.64 Å². The summed E-state index contributed by atoms with van der Waals surface area (Å²) in [6.45, 7) is 0. The minimum atomic E-state index is -0.820. The Morgan fingerprint density at radius 2 is 1.83 bits per heavy atom. The normalized spacial score (nSPS) is 17.9. The molecule has 0 unspecified atom stereocenters. The van der Waals surface area contributed by atoms with Gasteiger partial charge in [0.2, 0.25) is 0 Å². The molecule has 0 radical (unpaired) electrons. The minimum Gasteiger partial charge on any atom is -0.507 e. The number of hydrogen-bond acceptors (Lipinski definition) is 5. The lowest BCUT2D eigenvalue weighted by molar-refractivity contribution is -0.132. The average molecular weight is 465 g/mol. The van der Waals surface area contributed by atoms with Gasteiger partial charge in [-0.2, -0.15) is 0 Å². The summed E-state index contributed by atoms with van der Waals surface area (Å²) in [7, 11) is 1.54. The second-order valence-electron chi connectivity index (χ2n) is 6.64. The second kappa shape index (κ2) is 8.12. The fraction of sp³-hybridized carbons (Fsp3) is 0.0870. The van der Waals surface area contributed by atoms with Gasteiger partial charge in [0.1, 0.15) is 17.3 Å². The van der Waals surface area contributed by atoms with Crippen LogP contribution in [0.3, 0.4) is 0 Å². The summed E-state index contributed by atoms with van der Waals surface area (Å²) in [5.41, 5.74) is 1.09. The number of ether oxygens (including phenoxy) is 1. The molecule has 1 fully saturated rings. The predicted octanol–water partition coefficient (Wildman–Crippen LogP) is 4.48. The van der Waals surface area contributed by atoms with Gasteiger partial charge in [-0.05, 0) is 54.1 Å². The van der Waals surface area contributed by atoms with Crippen LogP contribution in [0.4, 0.5) is 5.82 Å². The molecule has 0 saturated carbocycles. The highest BCUT2D eigenvalue weighted by molar-refractivity contribution is 9.10. The quantitative estimate of drug-likeness (QED) is 0.349. The van der Waals surface area contributed by atoms with E-state index in [0.717, 1.165) is 4.47 Å². The summed E-state index contributed by atoms with van der Waals surface area (Å²) in [6, 6.07) is 18.2.